The zero-order valence-electron chi connectivity index (χ0n) is 14.2. The van der Waals surface area contributed by atoms with Gasteiger partial charge < -0.3 is 4.74 Å². The molecule has 3 rings (SSSR count). The molecule has 0 spiro atoms. The molecule has 0 aromatic heterocycles. The molecule has 0 fully saturated rings. The maximum Gasteiger partial charge on any atom is 0.119 e. The molecule has 3 heteroatoms. The van der Waals surface area contributed by atoms with E-state index < -0.39 is 0 Å². The highest BCUT2D eigenvalue weighted by Crippen LogP contribution is 2.17. The molecule has 0 saturated carbocycles. The van der Waals surface area contributed by atoms with Gasteiger partial charge in [0.05, 0.1) is 5.69 Å². The van der Waals surface area contributed by atoms with Crippen LogP contribution >= 0.6 is 15.9 Å². The van der Waals surface area contributed by atoms with E-state index in [1.54, 1.807) is 0 Å². The van der Waals surface area contributed by atoms with Crippen LogP contribution in [0.25, 0.3) is 0 Å². The highest BCUT2D eigenvalue weighted by atomic mass is 79.9. The van der Waals surface area contributed by atoms with E-state index in [1.807, 2.05) is 54.7 Å². The Morgan fingerprint density at radius 3 is 2.12 bits per heavy atom. The van der Waals surface area contributed by atoms with Crippen LogP contribution in [-0.4, -0.2) is 6.21 Å². The van der Waals surface area contributed by atoms with Gasteiger partial charge in [0.25, 0.3) is 0 Å². The van der Waals surface area contributed by atoms with Crippen LogP contribution in [-0.2, 0) is 13.0 Å². The van der Waals surface area contributed by atoms with Crippen molar-refractivity contribution in [2.24, 2.45) is 4.99 Å². The number of halogens is 1. The molecule has 0 radical (unpaired) electrons. The third-order valence-corrected chi connectivity index (χ3v) is 4.43. The lowest BCUT2D eigenvalue weighted by atomic mass is 10.1. The molecular weight excluding hydrogens is 374 g/mol. The van der Waals surface area contributed by atoms with Gasteiger partial charge in [0.2, 0.25) is 0 Å². The first-order valence-electron chi connectivity index (χ1n) is 8.33. The molecule has 2 nitrogen and oxygen atoms in total. The van der Waals surface area contributed by atoms with E-state index in [-0.39, 0.29) is 0 Å². The SMILES string of the molecule is CCc1ccc(N=Cc2ccc(OCc3ccc(Br)cc3)cc2)cc1. The van der Waals surface area contributed by atoms with Crippen LogP contribution in [0.3, 0.4) is 0 Å². The second-order valence-electron chi connectivity index (χ2n) is 5.76. The van der Waals surface area contributed by atoms with Crippen LogP contribution in [0.2, 0.25) is 0 Å². The third kappa shape index (κ3) is 5.30. The van der Waals surface area contributed by atoms with Gasteiger partial charge in [-0.15, -0.1) is 0 Å². The minimum Gasteiger partial charge on any atom is -0.489 e. The van der Waals surface area contributed by atoms with E-state index in [4.69, 9.17) is 4.74 Å². The lowest BCUT2D eigenvalue weighted by Crippen LogP contribution is -1.95. The molecule has 0 aliphatic rings. The number of aliphatic imine (C=N–C) groups is 1. The second kappa shape index (κ2) is 8.63. The first-order valence-corrected chi connectivity index (χ1v) is 9.12. The predicted molar refractivity (Wildman–Crippen MR) is 108 cm³/mol. The number of rotatable bonds is 6. The van der Waals surface area contributed by atoms with Crippen molar-refractivity contribution in [1.82, 2.24) is 0 Å². The topological polar surface area (TPSA) is 21.6 Å². The molecule has 0 atom stereocenters. The predicted octanol–water partition coefficient (Wildman–Crippen LogP) is 6.34. The molecule has 25 heavy (non-hydrogen) atoms. The monoisotopic (exact) mass is 393 g/mol. The third-order valence-electron chi connectivity index (χ3n) is 3.91. The summed E-state index contributed by atoms with van der Waals surface area (Å²) in [6, 6.07) is 24.4. The van der Waals surface area contributed by atoms with Crippen molar-refractivity contribution in [3.05, 3.63) is 94.0 Å². The van der Waals surface area contributed by atoms with Gasteiger partial charge in [-0.3, -0.25) is 4.99 Å². The lowest BCUT2D eigenvalue weighted by molar-refractivity contribution is 0.306. The Kier molecular flexibility index (Phi) is 6.02. The Morgan fingerprint density at radius 1 is 0.840 bits per heavy atom. The fourth-order valence-corrected chi connectivity index (χ4v) is 2.63. The summed E-state index contributed by atoms with van der Waals surface area (Å²) in [6.45, 7) is 2.71. The van der Waals surface area contributed by atoms with Crippen molar-refractivity contribution >= 4 is 27.8 Å². The largest absolute Gasteiger partial charge is 0.489 e. The molecule has 0 bridgehead atoms. The molecular formula is C22H20BrNO. The van der Waals surface area contributed by atoms with Crippen LogP contribution < -0.4 is 4.74 Å². The second-order valence-corrected chi connectivity index (χ2v) is 6.68. The van der Waals surface area contributed by atoms with E-state index >= 15 is 0 Å². The van der Waals surface area contributed by atoms with Gasteiger partial charge in [0.15, 0.2) is 0 Å². The molecule has 0 unspecified atom stereocenters. The first-order chi connectivity index (χ1) is 12.2. The molecule has 3 aromatic rings. The summed E-state index contributed by atoms with van der Waals surface area (Å²) >= 11 is 3.43. The van der Waals surface area contributed by atoms with Crippen molar-refractivity contribution < 1.29 is 4.74 Å². The van der Waals surface area contributed by atoms with Gasteiger partial charge in [-0.1, -0.05) is 47.1 Å². The molecule has 0 amide bonds. The molecule has 0 aliphatic heterocycles. The van der Waals surface area contributed by atoms with Crippen molar-refractivity contribution in [3.8, 4) is 5.75 Å². The zero-order chi connectivity index (χ0) is 17.5. The van der Waals surface area contributed by atoms with Crippen LogP contribution in [0.15, 0.2) is 82.3 Å². The van der Waals surface area contributed by atoms with Gasteiger partial charge in [-0.05, 0) is 71.6 Å². The number of ether oxygens (including phenoxy) is 1. The minimum atomic E-state index is 0.560. The highest BCUT2D eigenvalue weighted by molar-refractivity contribution is 9.10. The van der Waals surface area contributed by atoms with Gasteiger partial charge in [-0.25, -0.2) is 0 Å². The number of hydrogen-bond donors (Lipinski definition) is 0. The summed E-state index contributed by atoms with van der Waals surface area (Å²) in [5.41, 5.74) is 4.49. The quantitative estimate of drug-likeness (QED) is 0.447. The van der Waals surface area contributed by atoms with Crippen LogP contribution in [0.5, 0.6) is 5.75 Å². The summed E-state index contributed by atoms with van der Waals surface area (Å²) in [7, 11) is 0. The number of nitrogens with zero attached hydrogens (tertiary/aromatic N) is 1. The number of benzene rings is 3. The molecule has 3 aromatic carbocycles. The van der Waals surface area contributed by atoms with Gasteiger partial charge in [0, 0.05) is 10.7 Å². The van der Waals surface area contributed by atoms with Crippen molar-refractivity contribution in [2.75, 3.05) is 0 Å². The summed E-state index contributed by atoms with van der Waals surface area (Å²) in [5, 5.41) is 0. The fourth-order valence-electron chi connectivity index (χ4n) is 2.36. The number of aryl methyl sites for hydroxylation is 1. The van der Waals surface area contributed by atoms with Crippen LogP contribution in [0.1, 0.15) is 23.6 Å². The normalized spacial score (nSPS) is 11.0. The van der Waals surface area contributed by atoms with Gasteiger partial charge >= 0.3 is 0 Å². The van der Waals surface area contributed by atoms with E-state index in [2.05, 4.69) is 52.1 Å². The molecule has 0 aliphatic carbocycles. The van der Waals surface area contributed by atoms with E-state index in [1.165, 1.54) is 5.56 Å². The van der Waals surface area contributed by atoms with Crippen LogP contribution in [0, 0.1) is 0 Å². The Hall–Kier alpha value is -2.39. The average molecular weight is 394 g/mol. The Bertz CT molecular complexity index is 821. The Labute approximate surface area is 157 Å². The van der Waals surface area contributed by atoms with Gasteiger partial charge in [0.1, 0.15) is 12.4 Å². The Balaban J connectivity index is 1.57. The van der Waals surface area contributed by atoms with E-state index in [0.717, 1.165) is 33.5 Å². The van der Waals surface area contributed by atoms with Crippen molar-refractivity contribution in [1.29, 1.82) is 0 Å². The molecule has 0 saturated heterocycles. The van der Waals surface area contributed by atoms with E-state index in [0.29, 0.717) is 6.61 Å². The summed E-state index contributed by atoms with van der Waals surface area (Å²) in [4.78, 5) is 4.51. The summed E-state index contributed by atoms with van der Waals surface area (Å²) in [5.74, 6) is 0.854. The molecule has 126 valence electrons. The Morgan fingerprint density at radius 2 is 1.48 bits per heavy atom. The molecule has 0 N–H and O–H groups in total. The standard InChI is InChI=1S/C22H20BrNO/c1-2-17-5-11-21(12-6-17)24-15-18-7-13-22(14-8-18)25-16-19-3-9-20(23)10-4-19/h3-15H,2,16H2,1H3. The minimum absolute atomic E-state index is 0.560. The highest BCUT2D eigenvalue weighted by Gasteiger charge is 1.97. The lowest BCUT2D eigenvalue weighted by Gasteiger charge is -2.06. The van der Waals surface area contributed by atoms with Crippen molar-refractivity contribution in [2.45, 2.75) is 20.0 Å². The van der Waals surface area contributed by atoms with Gasteiger partial charge in [-0.2, -0.15) is 0 Å². The maximum atomic E-state index is 5.82. The zero-order valence-corrected chi connectivity index (χ0v) is 15.7. The van der Waals surface area contributed by atoms with Crippen molar-refractivity contribution in [3.63, 3.8) is 0 Å². The smallest absolute Gasteiger partial charge is 0.119 e. The number of hydrogen-bond acceptors (Lipinski definition) is 2. The van der Waals surface area contributed by atoms with Crippen LogP contribution in [0.4, 0.5) is 5.69 Å². The summed E-state index contributed by atoms with van der Waals surface area (Å²) in [6.07, 6.45) is 2.92. The maximum absolute atomic E-state index is 5.82. The molecule has 0 heterocycles. The fraction of sp³-hybridized carbons (Fsp3) is 0.136. The first kappa shape index (κ1) is 17.4. The van der Waals surface area contributed by atoms with E-state index in [9.17, 15) is 0 Å². The average Bonchev–Trinajstić information content (AvgIpc) is 2.67. The summed E-state index contributed by atoms with van der Waals surface area (Å²) < 4.78 is 6.89.